The first-order valence-electron chi connectivity index (χ1n) is 4.45. The van der Waals surface area contributed by atoms with Crippen molar-refractivity contribution in [2.75, 3.05) is 11.5 Å². The molecule has 0 fully saturated rings. The molecule has 92 valence electrons. The highest BCUT2D eigenvalue weighted by atomic mass is 32.2. The molecule has 2 N–H and O–H groups in total. The second kappa shape index (κ2) is 5.24. The van der Waals surface area contributed by atoms with Gasteiger partial charge in [-0.15, -0.1) is 0 Å². The van der Waals surface area contributed by atoms with Crippen LogP contribution in [0.25, 0.3) is 0 Å². The van der Waals surface area contributed by atoms with E-state index in [4.69, 9.17) is 9.11 Å². The molecule has 6 nitrogen and oxygen atoms in total. The molecule has 0 rings (SSSR count). The molecule has 0 heterocycles. The van der Waals surface area contributed by atoms with Crippen LogP contribution in [0, 0.1) is 11.8 Å². The van der Waals surface area contributed by atoms with E-state index in [1.54, 1.807) is 6.92 Å². The van der Waals surface area contributed by atoms with Crippen molar-refractivity contribution in [2.45, 2.75) is 20.3 Å². The van der Waals surface area contributed by atoms with Crippen molar-refractivity contribution >= 4 is 20.2 Å². The van der Waals surface area contributed by atoms with Crippen LogP contribution < -0.4 is 0 Å². The summed E-state index contributed by atoms with van der Waals surface area (Å²) < 4.78 is 59.6. The van der Waals surface area contributed by atoms with E-state index >= 15 is 0 Å². The Bertz CT molecular complexity index is 382. The van der Waals surface area contributed by atoms with Gasteiger partial charge in [0.1, 0.15) is 0 Å². The topological polar surface area (TPSA) is 109 Å². The molecule has 0 radical (unpaired) electrons. The predicted octanol–water partition coefficient (Wildman–Crippen LogP) is 0.424. The predicted molar refractivity (Wildman–Crippen MR) is 55.8 cm³/mol. The molecule has 15 heavy (non-hydrogen) atoms. The molecule has 2 atom stereocenters. The van der Waals surface area contributed by atoms with Crippen LogP contribution in [0.4, 0.5) is 0 Å². The van der Waals surface area contributed by atoms with Gasteiger partial charge < -0.3 is 0 Å². The minimum absolute atomic E-state index is 0.413. The van der Waals surface area contributed by atoms with E-state index in [0.717, 1.165) is 0 Å². The molecular formula is C7H16O6S2. The molecule has 0 saturated carbocycles. The fourth-order valence-electron chi connectivity index (χ4n) is 1.42. The van der Waals surface area contributed by atoms with Gasteiger partial charge in [0.15, 0.2) is 0 Å². The average molecular weight is 260 g/mol. The maximum Gasteiger partial charge on any atom is 0.265 e. The van der Waals surface area contributed by atoms with Crippen LogP contribution in [-0.4, -0.2) is 37.4 Å². The van der Waals surface area contributed by atoms with Gasteiger partial charge in [-0.05, 0) is 11.8 Å². The summed E-state index contributed by atoms with van der Waals surface area (Å²) >= 11 is 0. The van der Waals surface area contributed by atoms with Crippen LogP contribution in [0.3, 0.4) is 0 Å². The lowest BCUT2D eigenvalue weighted by atomic mass is 9.95. The van der Waals surface area contributed by atoms with Crippen molar-refractivity contribution in [3.63, 3.8) is 0 Å². The second-order valence-corrected chi connectivity index (χ2v) is 6.64. The average Bonchev–Trinajstić information content (AvgIpc) is 1.94. The zero-order valence-corrected chi connectivity index (χ0v) is 10.3. The van der Waals surface area contributed by atoms with E-state index in [1.807, 2.05) is 0 Å². The largest absolute Gasteiger partial charge is 0.286 e. The van der Waals surface area contributed by atoms with E-state index in [1.165, 1.54) is 6.92 Å². The smallest absolute Gasteiger partial charge is 0.265 e. The molecule has 0 amide bonds. The number of hydrogen-bond acceptors (Lipinski definition) is 4. The second-order valence-electron chi connectivity index (χ2n) is 3.64. The lowest BCUT2D eigenvalue weighted by molar-refractivity contribution is 0.377. The molecule has 0 aliphatic rings. The zero-order chi connectivity index (χ0) is 12.3. The van der Waals surface area contributed by atoms with Crippen molar-refractivity contribution in [1.82, 2.24) is 0 Å². The van der Waals surface area contributed by atoms with E-state index in [0.29, 0.717) is 6.42 Å². The molecule has 0 aliphatic carbocycles. The van der Waals surface area contributed by atoms with Crippen molar-refractivity contribution in [2.24, 2.45) is 11.8 Å². The van der Waals surface area contributed by atoms with Crippen molar-refractivity contribution in [3.05, 3.63) is 0 Å². The van der Waals surface area contributed by atoms with Crippen molar-refractivity contribution in [1.29, 1.82) is 0 Å². The first-order chi connectivity index (χ1) is 6.55. The third-order valence-electron chi connectivity index (χ3n) is 2.23. The van der Waals surface area contributed by atoms with Crippen LogP contribution in [0.5, 0.6) is 0 Å². The fraction of sp³-hybridized carbons (Fsp3) is 1.00. The molecule has 0 aromatic rings. The van der Waals surface area contributed by atoms with Gasteiger partial charge in [0.05, 0.1) is 11.5 Å². The van der Waals surface area contributed by atoms with Gasteiger partial charge in [-0.3, -0.25) is 9.11 Å². The molecule has 0 saturated heterocycles. The lowest BCUT2D eigenvalue weighted by Crippen LogP contribution is -2.26. The van der Waals surface area contributed by atoms with Crippen LogP contribution in [0.1, 0.15) is 20.3 Å². The van der Waals surface area contributed by atoms with E-state index in [2.05, 4.69) is 0 Å². The highest BCUT2D eigenvalue weighted by Crippen LogP contribution is 2.18. The van der Waals surface area contributed by atoms with Crippen LogP contribution in [0.2, 0.25) is 0 Å². The van der Waals surface area contributed by atoms with Crippen LogP contribution in [0.15, 0.2) is 0 Å². The lowest BCUT2D eigenvalue weighted by Gasteiger charge is -2.19. The summed E-state index contributed by atoms with van der Waals surface area (Å²) in [5.74, 6) is -1.99. The first-order valence-corrected chi connectivity index (χ1v) is 7.67. The maximum absolute atomic E-state index is 10.6. The van der Waals surface area contributed by atoms with Gasteiger partial charge in [-0.1, -0.05) is 20.3 Å². The Balaban J connectivity index is 4.56. The Morgan fingerprint density at radius 1 is 1.00 bits per heavy atom. The van der Waals surface area contributed by atoms with Gasteiger partial charge in [0.25, 0.3) is 20.2 Å². The first kappa shape index (κ1) is 14.8. The molecule has 2 unspecified atom stereocenters. The fourth-order valence-corrected chi connectivity index (χ4v) is 3.47. The summed E-state index contributed by atoms with van der Waals surface area (Å²) in [5.41, 5.74) is 0. The van der Waals surface area contributed by atoms with Gasteiger partial charge in [-0.2, -0.15) is 16.8 Å². The summed E-state index contributed by atoms with van der Waals surface area (Å²) in [6, 6.07) is 0. The summed E-state index contributed by atoms with van der Waals surface area (Å²) in [6.45, 7) is 3.21. The minimum Gasteiger partial charge on any atom is -0.286 e. The van der Waals surface area contributed by atoms with Crippen molar-refractivity contribution in [3.8, 4) is 0 Å². The van der Waals surface area contributed by atoms with Gasteiger partial charge in [0.2, 0.25) is 0 Å². The van der Waals surface area contributed by atoms with Crippen LogP contribution >= 0.6 is 0 Å². The minimum atomic E-state index is -4.11. The zero-order valence-electron chi connectivity index (χ0n) is 8.62. The Morgan fingerprint density at radius 2 is 1.40 bits per heavy atom. The van der Waals surface area contributed by atoms with E-state index in [9.17, 15) is 16.8 Å². The van der Waals surface area contributed by atoms with Gasteiger partial charge in [-0.25, -0.2) is 0 Å². The van der Waals surface area contributed by atoms with Crippen molar-refractivity contribution < 1.29 is 25.9 Å². The van der Waals surface area contributed by atoms with Crippen LogP contribution in [-0.2, 0) is 20.2 Å². The summed E-state index contributed by atoms with van der Waals surface area (Å²) in [7, 11) is -8.22. The quantitative estimate of drug-likeness (QED) is 0.670. The molecular weight excluding hydrogens is 244 g/mol. The van der Waals surface area contributed by atoms with E-state index in [-0.39, 0.29) is 0 Å². The molecule has 0 bridgehead atoms. The Morgan fingerprint density at radius 3 is 1.67 bits per heavy atom. The maximum atomic E-state index is 10.6. The Hall–Kier alpha value is -0.180. The number of rotatable bonds is 6. The summed E-state index contributed by atoms with van der Waals surface area (Å²) in [5, 5.41) is 0. The standard InChI is InChI=1S/C7H16O6S2/c1-3-7(5-15(11,12)13)6(2)4-14(8,9)10/h6-7H,3-5H2,1-2H3,(H,8,9,10)(H,11,12,13). The molecule has 8 heteroatoms. The number of hydrogen-bond donors (Lipinski definition) is 2. The Labute approximate surface area is 90.2 Å². The van der Waals surface area contributed by atoms with Gasteiger partial charge in [0, 0.05) is 0 Å². The van der Waals surface area contributed by atoms with Gasteiger partial charge >= 0.3 is 0 Å². The molecule has 0 spiro atoms. The third-order valence-corrected chi connectivity index (χ3v) is 4.02. The highest BCUT2D eigenvalue weighted by Gasteiger charge is 2.24. The third kappa shape index (κ3) is 7.71. The summed E-state index contributed by atoms with van der Waals surface area (Å²) in [4.78, 5) is 0. The normalized spacial score (nSPS) is 17.3. The monoisotopic (exact) mass is 260 g/mol. The highest BCUT2D eigenvalue weighted by molar-refractivity contribution is 7.86. The van der Waals surface area contributed by atoms with E-state index < -0.39 is 43.6 Å². The SMILES string of the molecule is CCC(CS(=O)(=O)O)C(C)CS(=O)(=O)O. The Kier molecular flexibility index (Phi) is 5.18. The molecule has 0 aromatic heterocycles. The molecule has 0 aromatic carbocycles. The molecule has 0 aliphatic heterocycles. The summed E-state index contributed by atoms with van der Waals surface area (Å²) in [6.07, 6.45) is 0.413.